The van der Waals surface area contributed by atoms with Crippen molar-refractivity contribution < 1.29 is 4.39 Å². The quantitative estimate of drug-likeness (QED) is 0.844. The van der Waals surface area contributed by atoms with E-state index in [0.717, 1.165) is 24.3 Å². The lowest BCUT2D eigenvalue weighted by atomic mass is 10.1. The first-order valence-electron chi connectivity index (χ1n) is 7.45. The number of nitrogens with zero attached hydrogens (tertiary/aromatic N) is 1. The third kappa shape index (κ3) is 3.61. The maximum atomic E-state index is 13.2. The van der Waals surface area contributed by atoms with Crippen LogP contribution in [0, 0.1) is 12.7 Å². The minimum atomic E-state index is -0.159. The van der Waals surface area contributed by atoms with Crippen LogP contribution < -0.4 is 5.73 Å². The minimum absolute atomic E-state index is 0.159. The Morgan fingerprint density at radius 2 is 1.81 bits per heavy atom. The van der Waals surface area contributed by atoms with Gasteiger partial charge >= 0.3 is 0 Å². The Labute approximate surface area is 125 Å². The molecule has 0 bridgehead atoms. The van der Waals surface area contributed by atoms with Gasteiger partial charge in [0.2, 0.25) is 0 Å². The fourth-order valence-electron chi connectivity index (χ4n) is 2.67. The van der Waals surface area contributed by atoms with Crippen LogP contribution >= 0.6 is 0 Å². The summed E-state index contributed by atoms with van der Waals surface area (Å²) in [5.74, 6) is -0.159. The molecule has 0 heterocycles. The Kier molecular flexibility index (Phi) is 3.93. The summed E-state index contributed by atoms with van der Waals surface area (Å²) in [6.45, 7) is 3.77. The smallest absolute Gasteiger partial charge is 0.123 e. The molecule has 0 radical (unpaired) electrons. The van der Waals surface area contributed by atoms with E-state index in [1.165, 1.54) is 24.0 Å². The number of nitrogen functional groups attached to an aromatic ring is 1. The van der Waals surface area contributed by atoms with Crippen molar-refractivity contribution >= 4 is 5.69 Å². The van der Waals surface area contributed by atoms with E-state index in [1.54, 1.807) is 12.1 Å². The molecular formula is C18H21FN2. The number of rotatable bonds is 5. The van der Waals surface area contributed by atoms with Crippen LogP contribution in [0.15, 0.2) is 42.5 Å². The molecule has 2 aromatic rings. The molecule has 0 aliphatic heterocycles. The van der Waals surface area contributed by atoms with E-state index >= 15 is 0 Å². The van der Waals surface area contributed by atoms with E-state index in [1.807, 2.05) is 25.1 Å². The van der Waals surface area contributed by atoms with Gasteiger partial charge in [0.25, 0.3) is 0 Å². The van der Waals surface area contributed by atoms with Crippen molar-refractivity contribution in [3.8, 4) is 0 Å². The van der Waals surface area contributed by atoms with Crippen molar-refractivity contribution in [3.05, 3.63) is 65.0 Å². The van der Waals surface area contributed by atoms with Gasteiger partial charge in [0.1, 0.15) is 5.82 Å². The van der Waals surface area contributed by atoms with Gasteiger partial charge in [-0.25, -0.2) is 4.39 Å². The maximum Gasteiger partial charge on any atom is 0.123 e. The number of aryl methyl sites for hydroxylation is 1. The van der Waals surface area contributed by atoms with Gasteiger partial charge in [0.05, 0.1) is 0 Å². The van der Waals surface area contributed by atoms with Crippen molar-refractivity contribution in [2.24, 2.45) is 0 Å². The predicted octanol–water partition coefficient (Wildman–Crippen LogP) is 3.88. The van der Waals surface area contributed by atoms with Gasteiger partial charge in [0, 0.05) is 24.8 Å². The van der Waals surface area contributed by atoms with Crippen molar-refractivity contribution in [1.82, 2.24) is 4.90 Å². The molecule has 0 atom stereocenters. The number of nitrogens with two attached hydrogens (primary N) is 1. The summed E-state index contributed by atoms with van der Waals surface area (Å²) in [4.78, 5) is 2.48. The van der Waals surface area contributed by atoms with Crippen LogP contribution in [0.3, 0.4) is 0 Å². The molecule has 2 nitrogen and oxygen atoms in total. The molecule has 3 rings (SSSR count). The van der Waals surface area contributed by atoms with Crippen LogP contribution in [0.25, 0.3) is 0 Å². The molecule has 2 N–H and O–H groups in total. The zero-order valence-electron chi connectivity index (χ0n) is 12.3. The van der Waals surface area contributed by atoms with Crippen LogP contribution in [0.4, 0.5) is 10.1 Å². The lowest BCUT2D eigenvalue weighted by Gasteiger charge is -2.23. The lowest BCUT2D eigenvalue weighted by molar-refractivity contribution is 0.245. The molecule has 1 fully saturated rings. The van der Waals surface area contributed by atoms with E-state index in [0.29, 0.717) is 6.04 Å². The highest BCUT2D eigenvalue weighted by atomic mass is 19.1. The van der Waals surface area contributed by atoms with Gasteiger partial charge in [-0.2, -0.15) is 0 Å². The SMILES string of the molecule is Cc1cc(F)ccc1CN(Cc1ccc(N)cc1)C1CC1. The molecule has 3 heteroatoms. The Morgan fingerprint density at radius 1 is 1.10 bits per heavy atom. The fourth-order valence-corrected chi connectivity index (χ4v) is 2.67. The monoisotopic (exact) mass is 284 g/mol. The van der Waals surface area contributed by atoms with Gasteiger partial charge in [-0.05, 0) is 60.7 Å². The summed E-state index contributed by atoms with van der Waals surface area (Å²) < 4.78 is 13.2. The number of anilines is 1. The number of hydrogen-bond donors (Lipinski definition) is 1. The molecule has 0 saturated heterocycles. The molecule has 0 aromatic heterocycles. The predicted molar refractivity (Wildman–Crippen MR) is 84.3 cm³/mol. The number of benzene rings is 2. The molecule has 0 amide bonds. The van der Waals surface area contributed by atoms with Gasteiger partial charge in [-0.1, -0.05) is 18.2 Å². The first-order chi connectivity index (χ1) is 10.1. The summed E-state index contributed by atoms with van der Waals surface area (Å²) in [5.41, 5.74) is 10.0. The zero-order valence-corrected chi connectivity index (χ0v) is 12.3. The summed E-state index contributed by atoms with van der Waals surface area (Å²) >= 11 is 0. The second-order valence-electron chi connectivity index (χ2n) is 5.95. The number of halogens is 1. The van der Waals surface area contributed by atoms with Crippen LogP contribution in [0.5, 0.6) is 0 Å². The standard InChI is InChI=1S/C18H21FN2/c1-13-10-16(19)5-4-15(13)12-21(18-8-9-18)11-14-2-6-17(20)7-3-14/h2-7,10,18H,8-9,11-12,20H2,1H3. The topological polar surface area (TPSA) is 29.3 Å². The zero-order chi connectivity index (χ0) is 14.8. The van der Waals surface area contributed by atoms with Crippen LogP contribution in [0.2, 0.25) is 0 Å². The first-order valence-corrected chi connectivity index (χ1v) is 7.45. The number of hydrogen-bond acceptors (Lipinski definition) is 2. The van der Waals surface area contributed by atoms with Crippen LogP contribution in [-0.2, 0) is 13.1 Å². The Hall–Kier alpha value is -1.87. The molecule has 110 valence electrons. The second kappa shape index (κ2) is 5.86. The Bertz CT molecular complexity index is 618. The molecule has 2 aromatic carbocycles. The molecule has 0 unspecified atom stereocenters. The molecule has 0 spiro atoms. The fraction of sp³-hybridized carbons (Fsp3) is 0.333. The minimum Gasteiger partial charge on any atom is -0.399 e. The highest BCUT2D eigenvalue weighted by molar-refractivity contribution is 5.39. The van der Waals surface area contributed by atoms with Crippen molar-refractivity contribution in [2.45, 2.75) is 38.9 Å². The third-order valence-corrected chi connectivity index (χ3v) is 4.11. The molecule has 1 aliphatic rings. The van der Waals surface area contributed by atoms with Crippen molar-refractivity contribution in [1.29, 1.82) is 0 Å². The molecule has 21 heavy (non-hydrogen) atoms. The van der Waals surface area contributed by atoms with Crippen molar-refractivity contribution in [2.75, 3.05) is 5.73 Å². The van der Waals surface area contributed by atoms with E-state index in [9.17, 15) is 4.39 Å². The highest BCUT2D eigenvalue weighted by Gasteiger charge is 2.29. The van der Waals surface area contributed by atoms with E-state index in [-0.39, 0.29) is 5.82 Å². The van der Waals surface area contributed by atoms with Crippen molar-refractivity contribution in [3.63, 3.8) is 0 Å². The van der Waals surface area contributed by atoms with E-state index in [2.05, 4.69) is 17.0 Å². The third-order valence-electron chi connectivity index (χ3n) is 4.11. The molecule has 1 aliphatic carbocycles. The summed E-state index contributed by atoms with van der Waals surface area (Å²) in [6, 6.07) is 13.8. The van der Waals surface area contributed by atoms with Crippen LogP contribution in [-0.4, -0.2) is 10.9 Å². The Morgan fingerprint density at radius 3 is 2.43 bits per heavy atom. The maximum absolute atomic E-state index is 13.2. The summed E-state index contributed by atoms with van der Waals surface area (Å²) in [7, 11) is 0. The molecular weight excluding hydrogens is 263 g/mol. The van der Waals surface area contributed by atoms with Gasteiger partial charge in [-0.3, -0.25) is 4.90 Å². The van der Waals surface area contributed by atoms with Gasteiger partial charge in [-0.15, -0.1) is 0 Å². The Balaban J connectivity index is 1.74. The van der Waals surface area contributed by atoms with Crippen LogP contribution in [0.1, 0.15) is 29.5 Å². The van der Waals surface area contributed by atoms with E-state index < -0.39 is 0 Å². The van der Waals surface area contributed by atoms with Gasteiger partial charge in [0.15, 0.2) is 0 Å². The highest BCUT2D eigenvalue weighted by Crippen LogP contribution is 2.30. The average molecular weight is 284 g/mol. The second-order valence-corrected chi connectivity index (χ2v) is 5.95. The first kappa shape index (κ1) is 14.1. The summed E-state index contributed by atoms with van der Waals surface area (Å²) in [5, 5.41) is 0. The normalized spacial score (nSPS) is 14.6. The average Bonchev–Trinajstić information content (AvgIpc) is 3.28. The van der Waals surface area contributed by atoms with E-state index in [4.69, 9.17) is 5.73 Å². The molecule has 1 saturated carbocycles. The largest absolute Gasteiger partial charge is 0.399 e. The lowest BCUT2D eigenvalue weighted by Crippen LogP contribution is -2.25. The van der Waals surface area contributed by atoms with Gasteiger partial charge < -0.3 is 5.73 Å². The summed E-state index contributed by atoms with van der Waals surface area (Å²) in [6.07, 6.45) is 2.52.